The van der Waals surface area contributed by atoms with Gasteiger partial charge in [-0.2, -0.15) is 0 Å². The second kappa shape index (κ2) is 8.81. The third kappa shape index (κ3) is 4.52. The summed E-state index contributed by atoms with van der Waals surface area (Å²) in [7, 11) is 1.61. The standard InChI is InChI=1S/C19H30N6O4/c1-5-29-19(28)24-10-8-23(9-11-24)12-14-20-16-15(25(14)7-6-13(2)3)17(26)21-18(27)22(16)4/h13H,5-12H2,1-4H3,(H,21,26,27). The van der Waals surface area contributed by atoms with Gasteiger partial charge in [-0.3, -0.25) is 19.2 Å². The number of nitrogens with one attached hydrogen (secondary N) is 1. The minimum Gasteiger partial charge on any atom is -0.450 e. The molecular formula is C19H30N6O4. The topological polar surface area (TPSA) is 105 Å². The van der Waals surface area contributed by atoms with Gasteiger partial charge in [0.1, 0.15) is 5.82 Å². The van der Waals surface area contributed by atoms with Crippen molar-refractivity contribution in [2.75, 3.05) is 32.8 Å². The van der Waals surface area contributed by atoms with Gasteiger partial charge in [0.05, 0.1) is 13.2 Å². The summed E-state index contributed by atoms with van der Waals surface area (Å²) < 4.78 is 8.38. The van der Waals surface area contributed by atoms with Gasteiger partial charge in [0.15, 0.2) is 11.2 Å². The summed E-state index contributed by atoms with van der Waals surface area (Å²) in [5, 5.41) is 0. The number of piperazine rings is 1. The molecule has 1 aliphatic heterocycles. The zero-order chi connectivity index (χ0) is 21.1. The van der Waals surface area contributed by atoms with E-state index in [-0.39, 0.29) is 6.09 Å². The second-order valence-corrected chi connectivity index (χ2v) is 7.81. The Morgan fingerprint density at radius 1 is 1.21 bits per heavy atom. The summed E-state index contributed by atoms with van der Waals surface area (Å²) in [6, 6.07) is 0. The Morgan fingerprint density at radius 2 is 1.90 bits per heavy atom. The number of ether oxygens (including phenoxy) is 1. The predicted octanol–water partition coefficient (Wildman–Crippen LogP) is 0.744. The summed E-state index contributed by atoms with van der Waals surface area (Å²) in [6.45, 7) is 10.2. The molecule has 1 fully saturated rings. The first-order valence-corrected chi connectivity index (χ1v) is 10.1. The number of aromatic amines is 1. The van der Waals surface area contributed by atoms with Crippen LogP contribution in [0.1, 0.15) is 33.0 Å². The first-order chi connectivity index (χ1) is 13.8. The Bertz CT molecular complexity index is 981. The maximum absolute atomic E-state index is 12.5. The molecule has 0 aromatic carbocycles. The van der Waals surface area contributed by atoms with E-state index in [9.17, 15) is 14.4 Å². The van der Waals surface area contributed by atoms with Crippen molar-refractivity contribution in [3.05, 3.63) is 26.7 Å². The molecule has 29 heavy (non-hydrogen) atoms. The number of aryl methyl sites for hydroxylation is 2. The maximum atomic E-state index is 12.5. The van der Waals surface area contributed by atoms with Crippen LogP contribution in [0.4, 0.5) is 4.79 Å². The van der Waals surface area contributed by atoms with Gasteiger partial charge in [-0.25, -0.2) is 14.6 Å². The molecule has 0 unspecified atom stereocenters. The molecule has 0 saturated carbocycles. The van der Waals surface area contributed by atoms with Gasteiger partial charge in [0.2, 0.25) is 0 Å². The summed E-state index contributed by atoms with van der Waals surface area (Å²) in [5.41, 5.74) is -0.0288. The zero-order valence-electron chi connectivity index (χ0n) is 17.6. The Balaban J connectivity index is 1.85. The third-order valence-electron chi connectivity index (χ3n) is 5.28. The molecule has 3 heterocycles. The van der Waals surface area contributed by atoms with Crippen LogP contribution < -0.4 is 11.2 Å². The third-order valence-corrected chi connectivity index (χ3v) is 5.28. The van der Waals surface area contributed by atoms with Crippen molar-refractivity contribution >= 4 is 17.3 Å². The van der Waals surface area contributed by atoms with Crippen LogP contribution in [-0.4, -0.2) is 67.8 Å². The van der Waals surface area contributed by atoms with Crippen molar-refractivity contribution in [2.45, 2.75) is 40.3 Å². The van der Waals surface area contributed by atoms with Crippen LogP contribution in [0.2, 0.25) is 0 Å². The molecule has 10 heteroatoms. The number of imidazole rings is 1. The lowest BCUT2D eigenvalue weighted by Crippen LogP contribution is -2.48. The monoisotopic (exact) mass is 406 g/mol. The quantitative estimate of drug-likeness (QED) is 0.759. The minimum atomic E-state index is -0.467. The van der Waals surface area contributed by atoms with Crippen molar-refractivity contribution in [3.63, 3.8) is 0 Å². The summed E-state index contributed by atoms with van der Waals surface area (Å²) in [4.78, 5) is 47.3. The highest BCUT2D eigenvalue weighted by atomic mass is 16.6. The van der Waals surface area contributed by atoms with Crippen LogP contribution in [0.15, 0.2) is 9.59 Å². The Kier molecular flexibility index (Phi) is 6.41. The molecule has 10 nitrogen and oxygen atoms in total. The fraction of sp³-hybridized carbons (Fsp3) is 0.684. The molecule has 2 aromatic heterocycles. The minimum absolute atomic E-state index is 0.280. The highest BCUT2D eigenvalue weighted by Gasteiger charge is 2.24. The average molecular weight is 406 g/mol. The predicted molar refractivity (Wildman–Crippen MR) is 109 cm³/mol. The number of carbonyl (C=O) groups excluding carboxylic acids is 1. The lowest BCUT2D eigenvalue weighted by Gasteiger charge is -2.33. The number of H-pyrrole nitrogens is 1. The molecule has 1 N–H and O–H groups in total. The fourth-order valence-corrected chi connectivity index (χ4v) is 3.53. The average Bonchev–Trinajstić information content (AvgIpc) is 3.04. The number of carbonyl (C=O) groups is 1. The van der Waals surface area contributed by atoms with Gasteiger partial charge < -0.3 is 14.2 Å². The number of aromatic nitrogens is 4. The Labute approximate surface area is 169 Å². The van der Waals surface area contributed by atoms with E-state index in [2.05, 4.69) is 28.7 Å². The van der Waals surface area contributed by atoms with Crippen molar-refractivity contribution in [1.29, 1.82) is 0 Å². The smallest absolute Gasteiger partial charge is 0.409 e. The molecule has 3 rings (SSSR count). The van der Waals surface area contributed by atoms with Crippen molar-refractivity contribution in [2.24, 2.45) is 13.0 Å². The van der Waals surface area contributed by atoms with Gasteiger partial charge in [0.25, 0.3) is 5.56 Å². The van der Waals surface area contributed by atoms with Crippen molar-refractivity contribution in [3.8, 4) is 0 Å². The molecule has 0 aliphatic carbocycles. The van der Waals surface area contributed by atoms with E-state index in [1.807, 2.05) is 4.57 Å². The van der Waals surface area contributed by atoms with Crippen LogP contribution in [0.25, 0.3) is 11.2 Å². The molecule has 160 valence electrons. The first-order valence-electron chi connectivity index (χ1n) is 10.1. The molecular weight excluding hydrogens is 376 g/mol. The van der Waals surface area contributed by atoms with E-state index < -0.39 is 11.2 Å². The zero-order valence-corrected chi connectivity index (χ0v) is 17.6. The van der Waals surface area contributed by atoms with Crippen LogP contribution in [0.5, 0.6) is 0 Å². The Hall–Kier alpha value is -2.62. The Morgan fingerprint density at radius 3 is 2.52 bits per heavy atom. The van der Waals surface area contributed by atoms with Gasteiger partial charge in [-0.1, -0.05) is 13.8 Å². The summed E-state index contributed by atoms with van der Waals surface area (Å²) in [5.74, 6) is 1.23. The molecule has 0 bridgehead atoms. The van der Waals surface area contributed by atoms with Crippen LogP contribution in [0, 0.1) is 5.92 Å². The number of amides is 1. The van der Waals surface area contributed by atoms with Crippen molar-refractivity contribution < 1.29 is 9.53 Å². The number of hydrogen-bond acceptors (Lipinski definition) is 6. The van der Waals surface area contributed by atoms with Crippen LogP contribution in [0.3, 0.4) is 0 Å². The number of hydrogen-bond donors (Lipinski definition) is 1. The highest BCUT2D eigenvalue weighted by molar-refractivity contribution is 5.71. The maximum Gasteiger partial charge on any atom is 0.409 e. The molecule has 1 aliphatic rings. The van der Waals surface area contributed by atoms with E-state index in [0.29, 0.717) is 63.0 Å². The van der Waals surface area contributed by atoms with E-state index >= 15 is 0 Å². The van der Waals surface area contributed by atoms with Crippen LogP contribution in [-0.2, 0) is 24.9 Å². The first kappa shape index (κ1) is 21.1. The van der Waals surface area contributed by atoms with Gasteiger partial charge in [-0.15, -0.1) is 0 Å². The van der Waals surface area contributed by atoms with E-state index in [0.717, 1.165) is 12.2 Å². The van der Waals surface area contributed by atoms with Crippen molar-refractivity contribution in [1.82, 2.24) is 28.9 Å². The van der Waals surface area contributed by atoms with Crippen LogP contribution >= 0.6 is 0 Å². The molecule has 0 radical (unpaired) electrons. The largest absolute Gasteiger partial charge is 0.450 e. The summed E-state index contributed by atoms with van der Waals surface area (Å²) in [6.07, 6.45) is 0.620. The normalized spacial score (nSPS) is 15.4. The van der Waals surface area contributed by atoms with Gasteiger partial charge in [-0.05, 0) is 19.3 Å². The fourth-order valence-electron chi connectivity index (χ4n) is 3.53. The lowest BCUT2D eigenvalue weighted by atomic mass is 10.1. The second-order valence-electron chi connectivity index (χ2n) is 7.81. The molecule has 1 saturated heterocycles. The highest BCUT2D eigenvalue weighted by Crippen LogP contribution is 2.16. The molecule has 2 aromatic rings. The number of fused-ring (bicyclic) bond motifs is 1. The SMILES string of the molecule is CCOC(=O)N1CCN(Cc2nc3c(c(=O)[nH]c(=O)n3C)n2CCC(C)C)CC1. The van der Waals surface area contributed by atoms with E-state index in [1.165, 1.54) is 4.57 Å². The van der Waals surface area contributed by atoms with E-state index in [4.69, 9.17) is 4.74 Å². The van der Waals surface area contributed by atoms with E-state index in [1.54, 1.807) is 18.9 Å². The lowest BCUT2D eigenvalue weighted by molar-refractivity contribution is 0.0769. The van der Waals surface area contributed by atoms with Gasteiger partial charge >= 0.3 is 11.8 Å². The number of rotatable bonds is 6. The molecule has 0 spiro atoms. The molecule has 1 amide bonds. The molecule has 0 atom stereocenters. The number of nitrogens with zero attached hydrogens (tertiary/aromatic N) is 5. The summed E-state index contributed by atoms with van der Waals surface area (Å²) >= 11 is 0. The van der Waals surface area contributed by atoms with Gasteiger partial charge in [0, 0.05) is 39.8 Å².